The van der Waals surface area contributed by atoms with Gasteiger partial charge in [0.1, 0.15) is 5.76 Å². The molecule has 1 aromatic rings. The first kappa shape index (κ1) is 19.9. The highest BCUT2D eigenvalue weighted by Crippen LogP contribution is 2.23. The van der Waals surface area contributed by atoms with Crippen LogP contribution in [0.15, 0.2) is 21.6 Å². The van der Waals surface area contributed by atoms with Crippen LogP contribution in [0.3, 0.4) is 0 Å². The first-order valence-electron chi connectivity index (χ1n) is 9.05. The molecule has 0 aliphatic carbocycles. The second kappa shape index (κ2) is 9.35. The molecule has 1 amide bonds. The van der Waals surface area contributed by atoms with Gasteiger partial charge in [0, 0.05) is 19.6 Å². The Bertz CT molecular complexity index is 651. The molecular weight excluding hydrogens is 342 g/mol. The van der Waals surface area contributed by atoms with Crippen molar-refractivity contribution in [3.63, 3.8) is 0 Å². The van der Waals surface area contributed by atoms with Gasteiger partial charge in [-0.15, -0.1) is 0 Å². The smallest absolute Gasteiger partial charge is 0.276 e. The fourth-order valence-electron chi connectivity index (χ4n) is 2.91. The highest BCUT2D eigenvalue weighted by Gasteiger charge is 2.30. The van der Waals surface area contributed by atoms with Crippen molar-refractivity contribution in [1.82, 2.24) is 14.5 Å². The lowest BCUT2D eigenvalue weighted by molar-refractivity contribution is -0.122. The molecule has 0 spiro atoms. The van der Waals surface area contributed by atoms with E-state index >= 15 is 0 Å². The van der Waals surface area contributed by atoms with Crippen molar-refractivity contribution in [3.05, 3.63) is 17.9 Å². The quantitative estimate of drug-likeness (QED) is 0.678. The molecule has 0 radical (unpaired) electrons. The summed E-state index contributed by atoms with van der Waals surface area (Å²) in [5, 5.41) is 2.86. The zero-order chi connectivity index (χ0) is 18.3. The molecule has 0 saturated carbocycles. The topological polar surface area (TPSA) is 82.9 Å². The number of hydrogen-bond acceptors (Lipinski definition) is 5. The maximum Gasteiger partial charge on any atom is 0.276 e. The highest BCUT2D eigenvalue weighted by molar-refractivity contribution is 7.89. The van der Waals surface area contributed by atoms with Crippen LogP contribution in [-0.4, -0.2) is 56.3 Å². The van der Waals surface area contributed by atoms with Crippen LogP contribution in [0.4, 0.5) is 0 Å². The van der Waals surface area contributed by atoms with E-state index in [-0.39, 0.29) is 17.5 Å². The molecule has 1 saturated heterocycles. The van der Waals surface area contributed by atoms with E-state index in [0.717, 1.165) is 32.2 Å². The summed E-state index contributed by atoms with van der Waals surface area (Å²) >= 11 is 0. The first-order valence-corrected chi connectivity index (χ1v) is 10.5. The Morgan fingerprint density at radius 3 is 2.60 bits per heavy atom. The van der Waals surface area contributed by atoms with Gasteiger partial charge in [-0.1, -0.05) is 13.8 Å². The normalized spacial score (nSPS) is 15.8. The maximum absolute atomic E-state index is 12.5. The van der Waals surface area contributed by atoms with E-state index in [0.29, 0.717) is 31.9 Å². The third-order valence-electron chi connectivity index (χ3n) is 4.15. The minimum Gasteiger partial charge on any atom is -0.447 e. The summed E-state index contributed by atoms with van der Waals surface area (Å²) in [6, 6.07) is 3.21. The molecule has 1 aliphatic heterocycles. The monoisotopic (exact) mass is 371 g/mol. The predicted octanol–water partition coefficient (Wildman–Crippen LogP) is 1.80. The second-order valence-corrected chi connectivity index (χ2v) is 8.26. The molecule has 142 valence electrons. The van der Waals surface area contributed by atoms with Gasteiger partial charge in [-0.05, 0) is 44.4 Å². The minimum absolute atomic E-state index is 0.00344. The second-order valence-electron chi connectivity index (χ2n) is 6.39. The average Bonchev–Trinajstić information content (AvgIpc) is 3.25. The Labute approximate surface area is 150 Å². The number of sulfonamides is 1. The van der Waals surface area contributed by atoms with Gasteiger partial charge < -0.3 is 9.73 Å². The van der Waals surface area contributed by atoms with E-state index in [9.17, 15) is 13.2 Å². The molecule has 2 rings (SSSR count). The Morgan fingerprint density at radius 2 is 1.96 bits per heavy atom. The molecule has 1 aromatic heterocycles. The van der Waals surface area contributed by atoms with Crippen molar-refractivity contribution in [2.24, 2.45) is 0 Å². The maximum atomic E-state index is 12.5. The number of furan rings is 1. The van der Waals surface area contributed by atoms with Crippen LogP contribution in [0.5, 0.6) is 0 Å². The molecule has 0 bridgehead atoms. The summed E-state index contributed by atoms with van der Waals surface area (Å²) in [6.07, 6.45) is 3.59. The molecule has 1 aliphatic rings. The van der Waals surface area contributed by atoms with Crippen LogP contribution in [-0.2, 0) is 21.4 Å². The highest BCUT2D eigenvalue weighted by atomic mass is 32.2. The van der Waals surface area contributed by atoms with Gasteiger partial charge in [0.25, 0.3) is 10.0 Å². The van der Waals surface area contributed by atoms with Crippen LogP contribution < -0.4 is 5.32 Å². The van der Waals surface area contributed by atoms with Crippen molar-refractivity contribution in [1.29, 1.82) is 0 Å². The van der Waals surface area contributed by atoms with Crippen LogP contribution in [0.1, 0.15) is 45.3 Å². The Kier molecular flexibility index (Phi) is 7.46. The number of carbonyl (C=O) groups is 1. The number of hydrogen-bond donors (Lipinski definition) is 1. The molecule has 1 N–H and O–H groups in total. The molecule has 1 fully saturated rings. The van der Waals surface area contributed by atoms with Gasteiger partial charge in [0.2, 0.25) is 11.0 Å². The van der Waals surface area contributed by atoms with E-state index in [1.165, 1.54) is 10.4 Å². The SMILES string of the molecule is CCCNC(=O)CN(CCC)Cc1ccc(S(=O)(=O)N2CCCC2)o1. The standard InChI is InChI=1S/C17H29N3O4S/c1-3-9-18-16(21)14-19(10-4-2)13-15-7-8-17(24-15)25(22,23)20-11-5-6-12-20/h7-8H,3-6,9-14H2,1-2H3,(H,18,21). The summed E-state index contributed by atoms with van der Waals surface area (Å²) < 4.78 is 32.1. The summed E-state index contributed by atoms with van der Waals surface area (Å²) in [6.45, 7) is 7.27. The number of nitrogens with zero attached hydrogens (tertiary/aromatic N) is 2. The van der Waals surface area contributed by atoms with Crippen molar-refractivity contribution < 1.29 is 17.6 Å². The summed E-state index contributed by atoms with van der Waals surface area (Å²) in [7, 11) is -3.53. The fourth-order valence-corrected chi connectivity index (χ4v) is 4.36. The largest absolute Gasteiger partial charge is 0.447 e. The van der Waals surface area contributed by atoms with Crippen molar-refractivity contribution in [2.75, 3.05) is 32.7 Å². The predicted molar refractivity (Wildman–Crippen MR) is 95.6 cm³/mol. The molecule has 0 unspecified atom stereocenters. The van der Waals surface area contributed by atoms with Crippen LogP contribution in [0, 0.1) is 0 Å². The van der Waals surface area contributed by atoms with Crippen LogP contribution in [0.2, 0.25) is 0 Å². The van der Waals surface area contributed by atoms with Gasteiger partial charge in [-0.2, -0.15) is 4.31 Å². The molecule has 25 heavy (non-hydrogen) atoms. The Morgan fingerprint density at radius 1 is 1.24 bits per heavy atom. The van der Waals surface area contributed by atoms with E-state index in [4.69, 9.17) is 4.42 Å². The van der Waals surface area contributed by atoms with Crippen LogP contribution >= 0.6 is 0 Å². The van der Waals surface area contributed by atoms with E-state index < -0.39 is 10.0 Å². The summed E-state index contributed by atoms with van der Waals surface area (Å²) in [5.74, 6) is 0.543. The molecule has 0 atom stereocenters. The summed E-state index contributed by atoms with van der Waals surface area (Å²) in [4.78, 5) is 13.9. The van der Waals surface area contributed by atoms with Crippen molar-refractivity contribution >= 4 is 15.9 Å². The van der Waals surface area contributed by atoms with Crippen molar-refractivity contribution in [3.8, 4) is 0 Å². The fraction of sp³-hybridized carbons (Fsp3) is 0.706. The van der Waals surface area contributed by atoms with E-state index in [1.807, 2.05) is 18.7 Å². The van der Waals surface area contributed by atoms with E-state index in [2.05, 4.69) is 5.32 Å². The number of nitrogens with one attached hydrogen (secondary N) is 1. The zero-order valence-electron chi connectivity index (χ0n) is 15.2. The first-order chi connectivity index (χ1) is 12.0. The third kappa shape index (κ3) is 5.55. The number of amides is 1. The van der Waals surface area contributed by atoms with Gasteiger partial charge in [-0.3, -0.25) is 9.69 Å². The lowest BCUT2D eigenvalue weighted by Crippen LogP contribution is -2.37. The molecule has 8 heteroatoms. The van der Waals surface area contributed by atoms with Gasteiger partial charge in [-0.25, -0.2) is 8.42 Å². The molecular formula is C17H29N3O4S. The molecule has 2 heterocycles. The van der Waals surface area contributed by atoms with Gasteiger partial charge >= 0.3 is 0 Å². The number of carbonyl (C=O) groups excluding carboxylic acids is 1. The Hall–Kier alpha value is -1.38. The number of rotatable bonds is 10. The minimum atomic E-state index is -3.53. The zero-order valence-corrected chi connectivity index (χ0v) is 16.0. The molecule has 0 aromatic carbocycles. The van der Waals surface area contributed by atoms with Gasteiger partial charge in [0.15, 0.2) is 0 Å². The third-order valence-corrected chi connectivity index (χ3v) is 5.93. The average molecular weight is 372 g/mol. The lowest BCUT2D eigenvalue weighted by Gasteiger charge is -2.20. The summed E-state index contributed by atoms with van der Waals surface area (Å²) in [5.41, 5.74) is 0. The van der Waals surface area contributed by atoms with E-state index in [1.54, 1.807) is 6.07 Å². The lowest BCUT2D eigenvalue weighted by atomic mass is 10.3. The Balaban J connectivity index is 2.00. The van der Waals surface area contributed by atoms with Crippen LogP contribution in [0.25, 0.3) is 0 Å². The van der Waals surface area contributed by atoms with Crippen molar-refractivity contribution in [2.45, 2.75) is 51.2 Å². The van der Waals surface area contributed by atoms with Gasteiger partial charge in [0.05, 0.1) is 13.1 Å². The molecule has 7 nitrogen and oxygen atoms in total.